The molecule has 0 amide bonds. The lowest BCUT2D eigenvalue weighted by Crippen LogP contribution is -2.11. The molecule has 0 radical (unpaired) electrons. The molecule has 1 heterocycles. The molecule has 1 N–H and O–H groups in total. The number of nitrogens with zero attached hydrogens (tertiary/aromatic N) is 2. The zero-order valence-electron chi connectivity index (χ0n) is 11.0. The van der Waals surface area contributed by atoms with Crippen molar-refractivity contribution in [1.82, 2.24) is 9.78 Å². The van der Waals surface area contributed by atoms with Crippen molar-refractivity contribution in [2.45, 2.75) is 26.5 Å². The number of rotatable bonds is 5. The van der Waals surface area contributed by atoms with Crippen LogP contribution in [0.2, 0.25) is 0 Å². The van der Waals surface area contributed by atoms with Crippen LogP contribution < -0.4 is 4.74 Å². The van der Waals surface area contributed by atoms with E-state index in [1.165, 1.54) is 0 Å². The second-order valence-corrected chi connectivity index (χ2v) is 4.92. The molecule has 0 saturated heterocycles. The van der Waals surface area contributed by atoms with Crippen LogP contribution in [-0.2, 0) is 6.54 Å². The summed E-state index contributed by atoms with van der Waals surface area (Å²) < 4.78 is 8.14. The maximum absolute atomic E-state index is 10.6. The van der Waals surface area contributed by atoms with Crippen LogP contribution in [-0.4, -0.2) is 21.5 Å². The van der Waals surface area contributed by atoms with E-state index in [4.69, 9.17) is 4.74 Å². The van der Waals surface area contributed by atoms with Crippen LogP contribution in [0.15, 0.2) is 34.9 Å². The summed E-state index contributed by atoms with van der Waals surface area (Å²) in [6, 6.07) is 7.52. The molecule has 0 fully saturated rings. The second-order valence-electron chi connectivity index (χ2n) is 4.07. The van der Waals surface area contributed by atoms with Crippen molar-refractivity contribution in [3.8, 4) is 5.75 Å². The van der Waals surface area contributed by atoms with Gasteiger partial charge in [0.25, 0.3) is 0 Å². The second kappa shape index (κ2) is 6.21. The molecule has 0 aliphatic heterocycles. The molecular formula is C14H17BrN2O2. The Morgan fingerprint density at radius 2 is 2.11 bits per heavy atom. The third-order valence-corrected chi connectivity index (χ3v) is 3.52. The van der Waals surface area contributed by atoms with Crippen LogP contribution in [0.5, 0.6) is 5.75 Å². The molecule has 5 heteroatoms. The molecule has 2 aromatic rings. The van der Waals surface area contributed by atoms with Crippen molar-refractivity contribution in [2.75, 3.05) is 6.61 Å². The Balaban J connectivity index is 2.43. The summed E-state index contributed by atoms with van der Waals surface area (Å²) >= 11 is 3.44. The van der Waals surface area contributed by atoms with Gasteiger partial charge in [-0.05, 0) is 35.8 Å². The van der Waals surface area contributed by atoms with Gasteiger partial charge in [0.1, 0.15) is 11.9 Å². The van der Waals surface area contributed by atoms with Crippen LogP contribution >= 0.6 is 15.9 Å². The summed E-state index contributed by atoms with van der Waals surface area (Å²) in [6.45, 7) is 5.19. The maximum Gasteiger partial charge on any atom is 0.125 e. The molecule has 1 atom stereocenters. The van der Waals surface area contributed by atoms with Crippen LogP contribution in [0.4, 0.5) is 0 Å². The average Bonchev–Trinajstić information content (AvgIpc) is 2.80. The monoisotopic (exact) mass is 324 g/mol. The van der Waals surface area contributed by atoms with Crippen molar-refractivity contribution < 1.29 is 9.84 Å². The van der Waals surface area contributed by atoms with E-state index in [0.717, 1.165) is 15.7 Å². The SMILES string of the molecule is CCOc1ccccc1C(O)c1c(Br)cnn1CC. The van der Waals surface area contributed by atoms with Crippen molar-refractivity contribution in [1.29, 1.82) is 0 Å². The molecule has 19 heavy (non-hydrogen) atoms. The number of halogens is 1. The van der Waals surface area contributed by atoms with Gasteiger partial charge in [-0.25, -0.2) is 0 Å². The molecular weight excluding hydrogens is 308 g/mol. The number of benzene rings is 1. The van der Waals surface area contributed by atoms with Gasteiger partial charge in [-0.2, -0.15) is 5.10 Å². The number of aliphatic hydroxyl groups is 1. The lowest BCUT2D eigenvalue weighted by molar-refractivity contribution is 0.200. The molecule has 0 spiro atoms. The summed E-state index contributed by atoms with van der Waals surface area (Å²) in [5.74, 6) is 0.702. The number of ether oxygens (including phenoxy) is 1. The third-order valence-electron chi connectivity index (χ3n) is 2.91. The summed E-state index contributed by atoms with van der Waals surface area (Å²) in [6.07, 6.45) is 0.935. The van der Waals surface area contributed by atoms with Gasteiger partial charge in [-0.15, -0.1) is 0 Å². The topological polar surface area (TPSA) is 47.3 Å². The van der Waals surface area contributed by atoms with E-state index < -0.39 is 6.10 Å². The minimum absolute atomic E-state index is 0.567. The van der Waals surface area contributed by atoms with Crippen LogP contribution in [0, 0.1) is 0 Å². The Kier molecular flexibility index (Phi) is 4.61. The van der Waals surface area contributed by atoms with Crippen LogP contribution in [0.1, 0.15) is 31.2 Å². The minimum Gasteiger partial charge on any atom is -0.493 e. The first kappa shape index (κ1) is 14.1. The molecule has 1 unspecified atom stereocenters. The molecule has 2 rings (SSSR count). The highest BCUT2D eigenvalue weighted by Crippen LogP contribution is 2.33. The van der Waals surface area contributed by atoms with Gasteiger partial charge in [0.15, 0.2) is 0 Å². The Bertz CT molecular complexity index is 554. The fraction of sp³-hybridized carbons (Fsp3) is 0.357. The standard InChI is InChI=1S/C14H17BrN2O2/c1-3-17-13(11(15)9-16-17)14(18)10-7-5-6-8-12(10)19-4-2/h5-9,14,18H,3-4H2,1-2H3. The quantitative estimate of drug-likeness (QED) is 0.919. The summed E-state index contributed by atoms with van der Waals surface area (Å²) in [7, 11) is 0. The number of aliphatic hydroxyl groups excluding tert-OH is 1. The highest BCUT2D eigenvalue weighted by molar-refractivity contribution is 9.10. The van der Waals surface area contributed by atoms with Crippen molar-refractivity contribution in [3.05, 3.63) is 46.2 Å². The van der Waals surface area contributed by atoms with Gasteiger partial charge in [-0.3, -0.25) is 4.68 Å². The van der Waals surface area contributed by atoms with Gasteiger partial charge in [0.2, 0.25) is 0 Å². The smallest absolute Gasteiger partial charge is 0.125 e. The van der Waals surface area contributed by atoms with E-state index in [9.17, 15) is 5.11 Å². The Morgan fingerprint density at radius 1 is 1.37 bits per heavy atom. The van der Waals surface area contributed by atoms with Gasteiger partial charge in [0.05, 0.1) is 23.0 Å². The number of hydrogen-bond acceptors (Lipinski definition) is 3. The molecule has 1 aromatic carbocycles. The first-order chi connectivity index (χ1) is 9.19. The van der Waals surface area contributed by atoms with Crippen LogP contribution in [0.3, 0.4) is 0 Å². The first-order valence-corrected chi connectivity index (χ1v) is 7.09. The molecule has 4 nitrogen and oxygen atoms in total. The zero-order valence-corrected chi connectivity index (χ0v) is 12.6. The van der Waals surface area contributed by atoms with E-state index in [2.05, 4.69) is 21.0 Å². The third kappa shape index (κ3) is 2.82. The summed E-state index contributed by atoms with van der Waals surface area (Å²) in [5, 5.41) is 14.8. The maximum atomic E-state index is 10.6. The van der Waals surface area contributed by atoms with E-state index in [0.29, 0.717) is 18.9 Å². The Morgan fingerprint density at radius 3 is 2.79 bits per heavy atom. The highest BCUT2D eigenvalue weighted by atomic mass is 79.9. The normalized spacial score (nSPS) is 12.4. The highest BCUT2D eigenvalue weighted by Gasteiger charge is 2.21. The predicted molar refractivity (Wildman–Crippen MR) is 77.3 cm³/mol. The zero-order chi connectivity index (χ0) is 13.8. The van der Waals surface area contributed by atoms with Gasteiger partial charge < -0.3 is 9.84 Å². The molecule has 0 aliphatic rings. The van der Waals surface area contributed by atoms with Crippen LogP contribution in [0.25, 0.3) is 0 Å². The average molecular weight is 325 g/mol. The molecule has 0 bridgehead atoms. The van der Waals surface area contributed by atoms with Gasteiger partial charge in [0, 0.05) is 12.1 Å². The van der Waals surface area contributed by atoms with Crippen molar-refractivity contribution in [3.63, 3.8) is 0 Å². The number of hydrogen-bond donors (Lipinski definition) is 1. The van der Waals surface area contributed by atoms with E-state index >= 15 is 0 Å². The van der Waals surface area contributed by atoms with E-state index in [1.54, 1.807) is 10.9 Å². The number of para-hydroxylation sites is 1. The fourth-order valence-electron chi connectivity index (χ4n) is 2.04. The largest absolute Gasteiger partial charge is 0.493 e. The van der Waals surface area contributed by atoms with Crippen molar-refractivity contribution in [2.24, 2.45) is 0 Å². The summed E-state index contributed by atoms with van der Waals surface area (Å²) in [5.41, 5.74) is 1.50. The number of aryl methyl sites for hydroxylation is 1. The molecule has 0 saturated carbocycles. The van der Waals surface area contributed by atoms with E-state index in [-0.39, 0.29) is 0 Å². The lowest BCUT2D eigenvalue weighted by atomic mass is 10.1. The minimum atomic E-state index is -0.764. The molecule has 102 valence electrons. The lowest BCUT2D eigenvalue weighted by Gasteiger charge is -2.17. The van der Waals surface area contributed by atoms with Crippen molar-refractivity contribution >= 4 is 15.9 Å². The molecule has 0 aliphatic carbocycles. The predicted octanol–water partition coefficient (Wildman–Crippen LogP) is 3.15. The Labute approximate surface area is 121 Å². The van der Waals surface area contributed by atoms with Gasteiger partial charge in [-0.1, -0.05) is 18.2 Å². The van der Waals surface area contributed by atoms with Gasteiger partial charge >= 0.3 is 0 Å². The number of aromatic nitrogens is 2. The fourth-order valence-corrected chi connectivity index (χ4v) is 2.55. The summed E-state index contributed by atoms with van der Waals surface area (Å²) in [4.78, 5) is 0. The Hall–Kier alpha value is -1.33. The molecule has 1 aromatic heterocycles. The van der Waals surface area contributed by atoms with E-state index in [1.807, 2.05) is 38.1 Å². The first-order valence-electron chi connectivity index (χ1n) is 6.30.